The molecule has 2 aromatic carbocycles. The molecule has 0 aromatic heterocycles. The smallest absolute Gasteiger partial charge is 0.321 e. The molecule has 0 atom stereocenters. The lowest BCUT2D eigenvalue weighted by molar-refractivity contribution is 0.587. The molecule has 0 N–H and O–H groups in total. The fourth-order valence-corrected chi connectivity index (χ4v) is 11.5. The summed E-state index contributed by atoms with van der Waals surface area (Å²) in [5.41, 5.74) is 10.8. The summed E-state index contributed by atoms with van der Waals surface area (Å²) in [6.45, 7) is 18.7. The van der Waals surface area contributed by atoms with Gasteiger partial charge in [-0.25, -0.2) is 0 Å². The van der Waals surface area contributed by atoms with E-state index in [0.29, 0.717) is 23.7 Å². The highest BCUT2D eigenvalue weighted by Crippen LogP contribution is 2.52. The summed E-state index contributed by atoms with van der Waals surface area (Å²) < 4.78 is 10.6. The molecule has 0 radical (unpaired) electrons. The summed E-state index contributed by atoms with van der Waals surface area (Å²) in [7, 11) is -2.97. The highest BCUT2D eigenvalue weighted by Gasteiger charge is 2.66. The Kier molecular flexibility index (Phi) is 6.89. The molecule has 6 rings (SSSR count). The Morgan fingerprint density at radius 2 is 0.805 bits per heavy atom. The first-order valence-corrected chi connectivity index (χ1v) is 17.0. The number of allylic oxidation sites excluding steroid dienone is 6. The molecule has 1 spiro atoms. The molecule has 2 aromatic rings. The molecule has 0 saturated heterocycles. The molecule has 0 saturated carbocycles. The van der Waals surface area contributed by atoms with Crippen LogP contribution in [0, 0.1) is 0 Å². The van der Waals surface area contributed by atoms with Crippen LogP contribution in [0.25, 0.3) is 0 Å². The van der Waals surface area contributed by atoms with Crippen LogP contribution in [0.5, 0.6) is 0 Å². The lowest BCUT2D eigenvalue weighted by Crippen LogP contribution is -2.75. The topological polar surface area (TPSA) is 13.0 Å². The van der Waals surface area contributed by atoms with Crippen molar-refractivity contribution in [1.29, 1.82) is 0 Å². The van der Waals surface area contributed by atoms with Crippen molar-refractivity contribution in [3.8, 4) is 0 Å². The number of hydrogen-bond acceptors (Lipinski definition) is 4. The second kappa shape index (κ2) is 10.3. The molecule has 5 heteroatoms. The molecule has 212 valence electrons. The van der Waals surface area contributed by atoms with Crippen LogP contribution in [0.4, 0.5) is 11.4 Å². The standard InChI is InChI=1S/C36H44N4Si/c1-25(2)31-17-13-18-32(26(3)4)35(31)39-23-29-15-9-11-21-37(29)41(39)38-22-12-10-16-30(38)24-40(41)36-33(27(5)6)19-14-20-34(36)28(7)8/h9-28H,1-8H3. The van der Waals surface area contributed by atoms with Gasteiger partial charge in [-0.15, -0.1) is 0 Å². The Balaban J connectivity index is 1.73. The number of fused-ring (bicyclic) bond motifs is 4. The van der Waals surface area contributed by atoms with Gasteiger partial charge in [0.25, 0.3) is 0 Å². The van der Waals surface area contributed by atoms with Crippen LogP contribution in [-0.4, -0.2) is 17.9 Å². The van der Waals surface area contributed by atoms with Gasteiger partial charge in [0.2, 0.25) is 0 Å². The second-order valence-electron chi connectivity index (χ2n) is 12.8. The van der Waals surface area contributed by atoms with Gasteiger partial charge in [-0.05, 0) is 70.2 Å². The molecule has 4 nitrogen and oxygen atoms in total. The van der Waals surface area contributed by atoms with Crippen LogP contribution >= 0.6 is 0 Å². The number of nitrogens with zero attached hydrogens (tertiary/aromatic N) is 4. The quantitative estimate of drug-likeness (QED) is 0.326. The third kappa shape index (κ3) is 4.08. The molecule has 0 fully saturated rings. The normalized spacial score (nSPS) is 18.5. The van der Waals surface area contributed by atoms with Crippen molar-refractivity contribution in [2.24, 2.45) is 0 Å². The van der Waals surface area contributed by atoms with Gasteiger partial charge in [-0.3, -0.25) is 0 Å². The summed E-state index contributed by atoms with van der Waals surface area (Å²) in [6.07, 6.45) is 22.8. The molecule has 0 bridgehead atoms. The maximum Gasteiger partial charge on any atom is 0.520 e. The van der Waals surface area contributed by atoms with Crippen molar-refractivity contribution < 1.29 is 0 Å². The molecular formula is C36H44N4Si. The molecule has 4 aliphatic heterocycles. The van der Waals surface area contributed by atoms with Crippen LogP contribution in [0.15, 0.2) is 109 Å². The van der Waals surface area contributed by atoms with E-state index in [2.05, 4.69) is 171 Å². The third-order valence-electron chi connectivity index (χ3n) is 8.77. The van der Waals surface area contributed by atoms with Gasteiger partial charge in [-0.1, -0.05) is 104 Å². The minimum atomic E-state index is -2.97. The Hall–Kier alpha value is -3.70. The first-order valence-electron chi connectivity index (χ1n) is 15.2. The van der Waals surface area contributed by atoms with E-state index in [1.807, 2.05) is 0 Å². The van der Waals surface area contributed by atoms with E-state index in [4.69, 9.17) is 0 Å². The van der Waals surface area contributed by atoms with E-state index in [0.717, 1.165) is 0 Å². The average molecular weight is 561 g/mol. The maximum absolute atomic E-state index is 2.97. The number of benzene rings is 2. The van der Waals surface area contributed by atoms with Crippen molar-refractivity contribution >= 4 is 20.1 Å². The molecule has 0 amide bonds. The number of hydrogen-bond donors (Lipinski definition) is 0. The summed E-state index contributed by atoms with van der Waals surface area (Å²) in [4.78, 5) is 0. The van der Waals surface area contributed by atoms with E-state index in [-0.39, 0.29) is 0 Å². The van der Waals surface area contributed by atoms with Crippen LogP contribution in [0.2, 0.25) is 0 Å². The van der Waals surface area contributed by atoms with Gasteiger partial charge in [-0.2, -0.15) is 0 Å². The molecule has 4 heterocycles. The van der Waals surface area contributed by atoms with Crippen molar-refractivity contribution in [1.82, 2.24) is 9.13 Å². The highest BCUT2D eigenvalue weighted by molar-refractivity contribution is 6.85. The Bertz CT molecular complexity index is 1370. The van der Waals surface area contributed by atoms with Crippen LogP contribution in [0.3, 0.4) is 0 Å². The van der Waals surface area contributed by atoms with Crippen molar-refractivity contribution in [3.63, 3.8) is 0 Å². The number of anilines is 2. The highest BCUT2D eigenvalue weighted by atomic mass is 28.4. The number of rotatable bonds is 6. The Morgan fingerprint density at radius 3 is 1.12 bits per heavy atom. The predicted octanol–water partition coefficient (Wildman–Crippen LogP) is 9.41. The van der Waals surface area contributed by atoms with Gasteiger partial charge in [0.1, 0.15) is 0 Å². The summed E-state index contributed by atoms with van der Waals surface area (Å²) >= 11 is 0. The van der Waals surface area contributed by atoms with Crippen LogP contribution in [0.1, 0.15) is 101 Å². The summed E-state index contributed by atoms with van der Waals surface area (Å²) in [5, 5.41) is 0. The van der Waals surface area contributed by atoms with E-state index < -0.39 is 8.72 Å². The zero-order chi connectivity index (χ0) is 29.1. The van der Waals surface area contributed by atoms with Gasteiger partial charge in [0, 0.05) is 36.2 Å². The van der Waals surface area contributed by atoms with E-state index >= 15 is 0 Å². The van der Waals surface area contributed by atoms with Gasteiger partial charge < -0.3 is 18.3 Å². The molecule has 4 aliphatic rings. The molecule has 0 aliphatic carbocycles. The van der Waals surface area contributed by atoms with Gasteiger partial charge >= 0.3 is 8.72 Å². The monoisotopic (exact) mass is 560 g/mol. The molecule has 41 heavy (non-hydrogen) atoms. The Morgan fingerprint density at radius 1 is 0.463 bits per heavy atom. The van der Waals surface area contributed by atoms with Crippen LogP contribution < -0.4 is 9.13 Å². The first kappa shape index (κ1) is 27.5. The minimum absolute atomic E-state index is 0.394. The van der Waals surface area contributed by atoms with Gasteiger partial charge in [0.15, 0.2) is 0 Å². The van der Waals surface area contributed by atoms with Crippen molar-refractivity contribution in [2.45, 2.75) is 79.1 Å². The maximum atomic E-state index is 2.71. The van der Waals surface area contributed by atoms with E-state index in [1.54, 1.807) is 0 Å². The average Bonchev–Trinajstić information content (AvgIpc) is 3.48. The first-order chi connectivity index (χ1) is 19.7. The Labute approximate surface area is 248 Å². The minimum Gasteiger partial charge on any atom is -0.321 e. The number of para-hydroxylation sites is 2. The zero-order valence-corrected chi connectivity index (χ0v) is 26.8. The largest absolute Gasteiger partial charge is 0.520 e. The predicted molar refractivity (Wildman–Crippen MR) is 176 cm³/mol. The van der Waals surface area contributed by atoms with Crippen molar-refractivity contribution in [2.75, 3.05) is 9.13 Å². The summed E-state index contributed by atoms with van der Waals surface area (Å²) in [6, 6.07) is 13.9. The fourth-order valence-electron chi connectivity index (χ4n) is 6.81. The molecule has 0 unspecified atom stereocenters. The lowest BCUT2D eigenvalue weighted by Gasteiger charge is -2.50. The molecular weight excluding hydrogens is 517 g/mol. The second-order valence-corrected chi connectivity index (χ2v) is 15.9. The van der Waals surface area contributed by atoms with E-state index in [1.165, 1.54) is 45.0 Å². The lowest BCUT2D eigenvalue weighted by atomic mass is 9.92. The fraction of sp³-hybridized carbons (Fsp3) is 0.333. The zero-order valence-electron chi connectivity index (χ0n) is 25.8. The van der Waals surface area contributed by atoms with Crippen molar-refractivity contribution in [3.05, 3.63) is 131 Å². The van der Waals surface area contributed by atoms with Crippen LogP contribution in [-0.2, 0) is 0 Å². The summed E-state index contributed by atoms with van der Waals surface area (Å²) in [5.74, 6) is 1.57. The van der Waals surface area contributed by atoms with E-state index in [9.17, 15) is 0 Å². The SMILES string of the molecule is CC(C)c1cccc(C(C)C)c1N1C=C2C=CC=CN2[Si]12N1C=CC=CC1=CN2c1c(C(C)C)cccc1C(C)C. The van der Waals surface area contributed by atoms with Gasteiger partial charge in [0.05, 0.1) is 11.4 Å². The third-order valence-corrected chi connectivity index (χ3v) is 12.9.